The van der Waals surface area contributed by atoms with Crippen molar-refractivity contribution in [3.63, 3.8) is 0 Å². The molecule has 28 heavy (non-hydrogen) atoms. The average Bonchev–Trinajstić information content (AvgIpc) is 2.98. The summed E-state index contributed by atoms with van der Waals surface area (Å²) in [7, 11) is 0. The van der Waals surface area contributed by atoms with Gasteiger partial charge in [0.15, 0.2) is 0 Å². The molecule has 148 valence electrons. The van der Waals surface area contributed by atoms with E-state index in [4.69, 9.17) is 4.42 Å². The summed E-state index contributed by atoms with van der Waals surface area (Å²) in [6.45, 7) is 5.90. The van der Waals surface area contributed by atoms with Crippen molar-refractivity contribution in [2.45, 2.75) is 39.7 Å². The maximum Gasteiger partial charge on any atom is 0.270 e. The summed E-state index contributed by atoms with van der Waals surface area (Å²) in [5.41, 5.74) is 0.926. The summed E-state index contributed by atoms with van der Waals surface area (Å²) in [4.78, 5) is 34.8. The Kier molecular flexibility index (Phi) is 5.22. The Bertz CT molecular complexity index is 932. The number of carbonyl (C=O) groups excluding carboxylic acids is 2. The van der Waals surface area contributed by atoms with Crippen molar-refractivity contribution in [1.29, 1.82) is 0 Å². The van der Waals surface area contributed by atoms with Gasteiger partial charge in [-0.3, -0.25) is 19.7 Å². The van der Waals surface area contributed by atoms with Gasteiger partial charge in [0.1, 0.15) is 11.5 Å². The van der Waals surface area contributed by atoms with E-state index in [0.717, 1.165) is 29.9 Å². The smallest absolute Gasteiger partial charge is 0.270 e. The average molecular weight is 385 g/mol. The van der Waals surface area contributed by atoms with Gasteiger partial charge in [-0.15, -0.1) is 0 Å². The molecule has 1 aromatic carbocycles. The molecule has 1 aliphatic rings. The predicted molar refractivity (Wildman–Crippen MR) is 102 cm³/mol. The van der Waals surface area contributed by atoms with E-state index in [-0.39, 0.29) is 35.2 Å². The van der Waals surface area contributed by atoms with E-state index in [2.05, 4.69) is 24.5 Å². The van der Waals surface area contributed by atoms with Gasteiger partial charge in [-0.1, -0.05) is 19.9 Å². The van der Waals surface area contributed by atoms with Crippen molar-refractivity contribution < 1.29 is 18.9 Å². The summed E-state index contributed by atoms with van der Waals surface area (Å²) < 4.78 is 5.76. The first-order valence-electron chi connectivity index (χ1n) is 9.06. The van der Waals surface area contributed by atoms with Gasteiger partial charge in [-0.25, -0.2) is 0 Å². The van der Waals surface area contributed by atoms with Crippen molar-refractivity contribution in [3.8, 4) is 0 Å². The molecule has 0 radical (unpaired) electrons. The number of non-ortho nitro benzene ring substituents is 1. The molecule has 1 unspecified atom stereocenters. The van der Waals surface area contributed by atoms with Crippen molar-refractivity contribution in [2.24, 2.45) is 5.41 Å². The molecule has 8 nitrogen and oxygen atoms in total. The van der Waals surface area contributed by atoms with Crippen LogP contribution in [0.1, 0.15) is 53.8 Å². The van der Waals surface area contributed by atoms with Gasteiger partial charge in [0.2, 0.25) is 5.91 Å². The third kappa shape index (κ3) is 4.39. The number of nitro benzene ring substituents is 1. The molecule has 1 atom stereocenters. The summed E-state index contributed by atoms with van der Waals surface area (Å²) >= 11 is 0. The monoisotopic (exact) mass is 385 g/mol. The van der Waals surface area contributed by atoms with Gasteiger partial charge in [0.25, 0.3) is 11.6 Å². The van der Waals surface area contributed by atoms with E-state index < -0.39 is 10.8 Å². The molecule has 0 aliphatic heterocycles. The number of rotatable bonds is 5. The lowest BCUT2D eigenvalue weighted by Gasteiger charge is -2.34. The van der Waals surface area contributed by atoms with Crippen LogP contribution < -0.4 is 10.6 Å². The Morgan fingerprint density at radius 3 is 2.79 bits per heavy atom. The molecule has 2 amide bonds. The van der Waals surface area contributed by atoms with E-state index in [1.807, 2.05) is 13.0 Å². The molecule has 2 N–H and O–H groups in total. The maximum atomic E-state index is 12.4. The topological polar surface area (TPSA) is 114 Å². The second kappa shape index (κ2) is 7.46. The number of hydrogen-bond donors (Lipinski definition) is 2. The van der Waals surface area contributed by atoms with Crippen LogP contribution in [0.25, 0.3) is 0 Å². The lowest BCUT2D eigenvalue weighted by Crippen LogP contribution is -2.41. The van der Waals surface area contributed by atoms with Gasteiger partial charge in [-0.05, 0) is 30.9 Å². The highest BCUT2D eigenvalue weighted by molar-refractivity contribution is 5.97. The number of nitro groups is 1. The van der Waals surface area contributed by atoms with E-state index in [9.17, 15) is 19.7 Å². The third-order valence-corrected chi connectivity index (χ3v) is 4.80. The molecule has 1 aromatic heterocycles. The van der Waals surface area contributed by atoms with E-state index in [1.165, 1.54) is 24.3 Å². The number of benzene rings is 1. The molecule has 8 heteroatoms. The van der Waals surface area contributed by atoms with Crippen molar-refractivity contribution >= 4 is 17.5 Å². The van der Waals surface area contributed by atoms with Crippen molar-refractivity contribution in [1.82, 2.24) is 10.6 Å². The molecule has 0 bridgehead atoms. The van der Waals surface area contributed by atoms with Gasteiger partial charge < -0.3 is 15.1 Å². The predicted octanol–water partition coefficient (Wildman–Crippen LogP) is 3.06. The van der Waals surface area contributed by atoms with E-state index in [1.54, 1.807) is 0 Å². The first-order chi connectivity index (χ1) is 13.1. The minimum absolute atomic E-state index is 0.0124. The van der Waals surface area contributed by atoms with Crippen LogP contribution in [0.3, 0.4) is 0 Å². The number of amides is 2. The molecular formula is C20H23N3O5. The largest absolute Gasteiger partial charge is 0.466 e. The van der Waals surface area contributed by atoms with Crippen molar-refractivity contribution in [3.05, 3.63) is 63.1 Å². The van der Waals surface area contributed by atoms with Crippen molar-refractivity contribution in [2.75, 3.05) is 6.54 Å². The van der Waals surface area contributed by atoms with E-state index >= 15 is 0 Å². The van der Waals surface area contributed by atoms with Gasteiger partial charge in [0, 0.05) is 29.7 Å². The highest BCUT2D eigenvalue weighted by atomic mass is 16.6. The summed E-state index contributed by atoms with van der Waals surface area (Å²) in [5.74, 6) is 0.828. The van der Waals surface area contributed by atoms with E-state index in [0.29, 0.717) is 0 Å². The molecule has 0 saturated carbocycles. The zero-order chi connectivity index (χ0) is 20.5. The van der Waals surface area contributed by atoms with Gasteiger partial charge in [-0.2, -0.15) is 0 Å². The van der Waals surface area contributed by atoms with Crippen LogP contribution in [0.15, 0.2) is 34.7 Å². The molecule has 0 saturated heterocycles. The second-order valence-corrected chi connectivity index (χ2v) is 7.89. The molecular weight excluding hydrogens is 362 g/mol. The molecule has 0 spiro atoms. The fourth-order valence-corrected chi connectivity index (χ4v) is 3.58. The standard InChI is InChI=1S/C20H23N3O5/c1-12-7-15-16(9-20(2,3)10-17(15)28-12)22-18(24)11-21-19(25)13-5-4-6-14(8-13)23(26)27/h4-8,16H,9-11H2,1-3H3,(H,21,25)(H,22,24). The third-order valence-electron chi connectivity index (χ3n) is 4.80. The molecule has 3 rings (SSSR count). The summed E-state index contributed by atoms with van der Waals surface area (Å²) in [6, 6.07) is 7.14. The number of hydrogen-bond acceptors (Lipinski definition) is 5. The molecule has 1 aliphatic carbocycles. The lowest BCUT2D eigenvalue weighted by molar-refractivity contribution is -0.384. The van der Waals surface area contributed by atoms with Gasteiger partial charge in [0.05, 0.1) is 17.5 Å². The number of aryl methyl sites for hydroxylation is 1. The second-order valence-electron chi connectivity index (χ2n) is 7.89. The maximum absolute atomic E-state index is 12.4. The SMILES string of the molecule is Cc1cc2c(o1)CC(C)(C)CC2NC(=O)CNC(=O)c1cccc([N+](=O)[O-])c1. The number of carbonyl (C=O) groups is 2. The van der Waals surface area contributed by atoms with Crippen LogP contribution in [0.5, 0.6) is 0 Å². The number of nitrogens with one attached hydrogen (secondary N) is 2. The lowest BCUT2D eigenvalue weighted by atomic mass is 9.74. The van der Waals surface area contributed by atoms with Crippen LogP contribution in [0.2, 0.25) is 0 Å². The summed E-state index contributed by atoms with van der Waals surface area (Å²) in [5, 5.41) is 16.3. The summed E-state index contributed by atoms with van der Waals surface area (Å²) in [6.07, 6.45) is 1.58. The van der Waals surface area contributed by atoms with Crippen LogP contribution in [0.4, 0.5) is 5.69 Å². The molecule has 2 aromatic rings. The number of nitrogens with zero attached hydrogens (tertiary/aromatic N) is 1. The van der Waals surface area contributed by atoms with Crippen LogP contribution in [-0.2, 0) is 11.2 Å². The van der Waals surface area contributed by atoms with Crippen LogP contribution in [0, 0.1) is 22.5 Å². The minimum Gasteiger partial charge on any atom is -0.466 e. The minimum atomic E-state index is -0.571. The first kappa shape index (κ1) is 19.6. The Morgan fingerprint density at radius 1 is 1.32 bits per heavy atom. The Morgan fingerprint density at radius 2 is 2.07 bits per heavy atom. The molecule has 0 fully saturated rings. The van der Waals surface area contributed by atoms with Crippen LogP contribution >= 0.6 is 0 Å². The Labute approximate surface area is 162 Å². The molecule has 1 heterocycles. The van der Waals surface area contributed by atoms with Crippen LogP contribution in [-0.4, -0.2) is 23.3 Å². The number of furan rings is 1. The fourth-order valence-electron chi connectivity index (χ4n) is 3.58. The fraction of sp³-hybridized carbons (Fsp3) is 0.400. The Balaban J connectivity index is 1.62. The number of fused-ring (bicyclic) bond motifs is 1. The van der Waals surface area contributed by atoms with Gasteiger partial charge >= 0.3 is 0 Å². The Hall–Kier alpha value is -3.16. The first-order valence-corrected chi connectivity index (χ1v) is 9.06. The normalized spacial score (nSPS) is 17.5. The zero-order valence-electron chi connectivity index (χ0n) is 16.1. The highest BCUT2D eigenvalue weighted by Gasteiger charge is 2.35. The highest BCUT2D eigenvalue weighted by Crippen LogP contribution is 2.41. The quantitative estimate of drug-likeness (QED) is 0.606. The zero-order valence-corrected chi connectivity index (χ0v) is 16.1.